The molecule has 0 fully saturated rings. The van der Waals surface area contributed by atoms with Crippen LogP contribution in [0.5, 0.6) is 0 Å². The smallest absolute Gasteiger partial charge is 0.408 e. The molecule has 0 saturated heterocycles. The molecule has 0 aliphatic heterocycles. The number of carboxylic acid groups (broad SMARTS) is 1. The molecule has 9 nitrogen and oxygen atoms in total. The highest BCUT2D eigenvalue weighted by Crippen LogP contribution is 2.44. The van der Waals surface area contributed by atoms with Gasteiger partial charge in [-0.1, -0.05) is 55.5 Å². The first-order valence-electron chi connectivity index (χ1n) is 11.0. The number of carbonyl (C=O) groups excluding carboxylic acids is 2. The number of benzene rings is 2. The number of aryl methyl sites for hydroxylation is 1. The molecule has 2 amide bonds. The maximum absolute atomic E-state index is 12.9. The van der Waals surface area contributed by atoms with Crippen LogP contribution in [0.3, 0.4) is 0 Å². The molecule has 2 aromatic carbocycles. The van der Waals surface area contributed by atoms with Crippen LogP contribution in [0, 0.1) is 0 Å². The van der Waals surface area contributed by atoms with Crippen LogP contribution in [0.2, 0.25) is 0 Å². The van der Waals surface area contributed by atoms with Crippen LogP contribution in [-0.4, -0.2) is 45.0 Å². The predicted molar refractivity (Wildman–Crippen MR) is 126 cm³/mol. The van der Waals surface area contributed by atoms with Crippen molar-refractivity contribution in [3.8, 4) is 11.1 Å². The number of carboxylic acids is 1. The van der Waals surface area contributed by atoms with E-state index in [1.807, 2.05) is 36.4 Å². The SMILES string of the molecule is CCC(C)(NC(=O)OCC1c2ccccc2-c2ccccc21)C(=O)Nc1cc(C(=O)O)n(C)n1. The first-order chi connectivity index (χ1) is 16.2. The van der Waals surface area contributed by atoms with Crippen LogP contribution in [0.25, 0.3) is 11.1 Å². The first-order valence-corrected chi connectivity index (χ1v) is 11.0. The van der Waals surface area contributed by atoms with Crippen molar-refractivity contribution < 1.29 is 24.2 Å². The van der Waals surface area contributed by atoms with E-state index >= 15 is 0 Å². The first kappa shape index (κ1) is 23.0. The fourth-order valence-corrected chi connectivity index (χ4v) is 4.15. The largest absolute Gasteiger partial charge is 0.477 e. The molecule has 176 valence electrons. The number of rotatable bonds is 7. The zero-order valence-corrected chi connectivity index (χ0v) is 19.2. The zero-order chi connectivity index (χ0) is 24.5. The number of hydrogen-bond donors (Lipinski definition) is 3. The molecular weight excluding hydrogens is 436 g/mol. The molecule has 9 heteroatoms. The number of nitrogens with one attached hydrogen (secondary N) is 2. The topological polar surface area (TPSA) is 123 Å². The second-order valence-corrected chi connectivity index (χ2v) is 8.43. The summed E-state index contributed by atoms with van der Waals surface area (Å²) in [6.45, 7) is 3.46. The van der Waals surface area contributed by atoms with Gasteiger partial charge in [0.2, 0.25) is 0 Å². The third-order valence-corrected chi connectivity index (χ3v) is 6.27. The minimum atomic E-state index is -1.29. The van der Waals surface area contributed by atoms with Crippen molar-refractivity contribution in [2.75, 3.05) is 11.9 Å². The minimum Gasteiger partial charge on any atom is -0.477 e. The lowest BCUT2D eigenvalue weighted by Crippen LogP contribution is -2.54. The monoisotopic (exact) mass is 462 g/mol. The van der Waals surface area contributed by atoms with Gasteiger partial charge in [0.05, 0.1) is 0 Å². The van der Waals surface area contributed by atoms with Crippen molar-refractivity contribution in [1.82, 2.24) is 15.1 Å². The van der Waals surface area contributed by atoms with Crippen LogP contribution >= 0.6 is 0 Å². The number of alkyl carbamates (subject to hydrolysis) is 1. The number of nitrogens with zero attached hydrogens (tertiary/aromatic N) is 2. The summed E-state index contributed by atoms with van der Waals surface area (Å²) < 4.78 is 6.72. The van der Waals surface area contributed by atoms with Crippen LogP contribution < -0.4 is 10.6 Å². The Morgan fingerprint density at radius 1 is 1.09 bits per heavy atom. The fourth-order valence-electron chi connectivity index (χ4n) is 4.15. The highest BCUT2D eigenvalue weighted by atomic mass is 16.5. The van der Waals surface area contributed by atoms with Crippen molar-refractivity contribution in [3.63, 3.8) is 0 Å². The fraction of sp³-hybridized carbons (Fsp3) is 0.280. The van der Waals surface area contributed by atoms with E-state index in [1.165, 1.54) is 13.1 Å². The zero-order valence-electron chi connectivity index (χ0n) is 19.2. The normalized spacial score (nSPS) is 14.0. The molecule has 0 saturated carbocycles. The summed E-state index contributed by atoms with van der Waals surface area (Å²) >= 11 is 0. The van der Waals surface area contributed by atoms with Gasteiger partial charge in [0, 0.05) is 19.0 Å². The van der Waals surface area contributed by atoms with E-state index in [0.29, 0.717) is 0 Å². The molecule has 1 aromatic heterocycles. The second-order valence-electron chi connectivity index (χ2n) is 8.43. The Labute approximate surface area is 196 Å². The summed E-state index contributed by atoms with van der Waals surface area (Å²) in [5.74, 6) is -1.70. The number of fused-ring (bicyclic) bond motifs is 3. The molecular formula is C25H26N4O5. The van der Waals surface area contributed by atoms with E-state index in [2.05, 4.69) is 27.9 Å². The van der Waals surface area contributed by atoms with Crippen LogP contribution in [-0.2, 0) is 16.6 Å². The molecule has 4 rings (SSSR count). The van der Waals surface area contributed by atoms with Gasteiger partial charge in [0.1, 0.15) is 17.8 Å². The highest BCUT2D eigenvalue weighted by Gasteiger charge is 2.35. The molecule has 0 bridgehead atoms. The molecule has 3 aromatic rings. The summed E-state index contributed by atoms with van der Waals surface area (Å²) in [5, 5.41) is 18.4. The van der Waals surface area contributed by atoms with Crippen LogP contribution in [0.15, 0.2) is 54.6 Å². The predicted octanol–water partition coefficient (Wildman–Crippen LogP) is 3.76. The Hall–Kier alpha value is -4.14. The Morgan fingerprint density at radius 2 is 1.68 bits per heavy atom. The Kier molecular flexibility index (Phi) is 6.10. The van der Waals surface area contributed by atoms with Crippen molar-refractivity contribution in [2.24, 2.45) is 7.05 Å². The van der Waals surface area contributed by atoms with E-state index in [-0.39, 0.29) is 30.5 Å². The Balaban J connectivity index is 1.43. The number of amides is 2. The lowest BCUT2D eigenvalue weighted by Gasteiger charge is -2.27. The van der Waals surface area contributed by atoms with Gasteiger partial charge < -0.3 is 20.5 Å². The summed E-state index contributed by atoms with van der Waals surface area (Å²) in [7, 11) is 1.47. The third kappa shape index (κ3) is 4.24. The van der Waals surface area contributed by atoms with E-state index in [1.54, 1.807) is 13.8 Å². The molecule has 1 unspecified atom stereocenters. The second kappa shape index (κ2) is 9.01. The lowest BCUT2D eigenvalue weighted by molar-refractivity contribution is -0.121. The van der Waals surface area contributed by atoms with Crippen molar-refractivity contribution in [1.29, 1.82) is 0 Å². The molecule has 0 spiro atoms. The van der Waals surface area contributed by atoms with Crippen LogP contribution in [0.4, 0.5) is 10.6 Å². The summed E-state index contributed by atoms with van der Waals surface area (Å²) in [6, 6.07) is 17.3. The molecule has 3 N–H and O–H groups in total. The van der Waals surface area contributed by atoms with E-state index in [4.69, 9.17) is 9.84 Å². The molecule has 0 radical (unpaired) electrons. The van der Waals surface area contributed by atoms with E-state index < -0.39 is 23.5 Å². The van der Waals surface area contributed by atoms with Gasteiger partial charge in [0.25, 0.3) is 5.91 Å². The lowest BCUT2D eigenvalue weighted by atomic mass is 9.97. The van der Waals surface area contributed by atoms with Crippen molar-refractivity contribution in [2.45, 2.75) is 31.7 Å². The van der Waals surface area contributed by atoms with Crippen molar-refractivity contribution >= 4 is 23.8 Å². The van der Waals surface area contributed by atoms with Crippen molar-refractivity contribution in [3.05, 3.63) is 71.4 Å². The van der Waals surface area contributed by atoms with Gasteiger partial charge >= 0.3 is 12.1 Å². The van der Waals surface area contributed by atoms with Gasteiger partial charge in [-0.05, 0) is 35.6 Å². The average molecular weight is 463 g/mol. The minimum absolute atomic E-state index is 0.0713. The summed E-state index contributed by atoms with van der Waals surface area (Å²) in [4.78, 5) is 36.8. The maximum Gasteiger partial charge on any atom is 0.408 e. The standard InChI is InChI=1S/C25H26N4O5/c1-4-25(2,23(32)26-21-13-20(22(30)31)29(3)28-21)27-24(33)34-14-19-17-11-7-5-9-15(17)16-10-6-8-12-18(16)19/h5-13,19H,4,14H2,1-3H3,(H,27,33)(H,30,31)(H,26,28,32). The molecule has 1 aliphatic carbocycles. The number of anilines is 1. The number of carbonyl (C=O) groups is 3. The molecule has 1 heterocycles. The van der Waals surface area contributed by atoms with Gasteiger partial charge in [-0.3, -0.25) is 9.48 Å². The molecule has 1 aliphatic rings. The molecule has 1 atom stereocenters. The van der Waals surface area contributed by atoms with Gasteiger partial charge in [-0.2, -0.15) is 5.10 Å². The third-order valence-electron chi connectivity index (χ3n) is 6.27. The summed E-state index contributed by atoms with van der Waals surface area (Å²) in [6.07, 6.45) is -0.435. The van der Waals surface area contributed by atoms with Crippen LogP contribution in [0.1, 0.15) is 47.8 Å². The summed E-state index contributed by atoms with van der Waals surface area (Å²) in [5.41, 5.74) is 3.08. The Morgan fingerprint density at radius 3 is 2.21 bits per heavy atom. The average Bonchev–Trinajstić information content (AvgIpc) is 3.35. The molecule has 34 heavy (non-hydrogen) atoms. The van der Waals surface area contributed by atoms with E-state index in [0.717, 1.165) is 26.9 Å². The Bertz CT molecular complexity index is 1220. The number of hydrogen-bond acceptors (Lipinski definition) is 5. The number of ether oxygens (including phenoxy) is 1. The maximum atomic E-state index is 12.9. The van der Waals surface area contributed by atoms with Gasteiger partial charge in [0.15, 0.2) is 5.82 Å². The quantitative estimate of drug-likeness (QED) is 0.491. The van der Waals surface area contributed by atoms with Gasteiger partial charge in [-0.15, -0.1) is 0 Å². The van der Waals surface area contributed by atoms with E-state index in [9.17, 15) is 14.4 Å². The highest BCUT2D eigenvalue weighted by molar-refractivity contribution is 5.99. The number of aromatic nitrogens is 2. The number of aromatic carboxylic acids is 1. The van der Waals surface area contributed by atoms with Gasteiger partial charge in [-0.25, -0.2) is 9.59 Å².